The highest BCUT2D eigenvalue weighted by molar-refractivity contribution is 7.89. The van der Waals surface area contributed by atoms with Crippen LogP contribution in [0.25, 0.3) is 0 Å². The van der Waals surface area contributed by atoms with Crippen LogP contribution in [0.3, 0.4) is 0 Å². The fourth-order valence-electron chi connectivity index (χ4n) is 3.03. The molecule has 9 heteroatoms. The summed E-state index contributed by atoms with van der Waals surface area (Å²) in [5, 5.41) is 10.4. The van der Waals surface area contributed by atoms with Gasteiger partial charge in [-0.1, -0.05) is 6.07 Å². The Morgan fingerprint density at radius 2 is 1.79 bits per heavy atom. The van der Waals surface area contributed by atoms with Crippen LogP contribution in [0, 0.1) is 13.8 Å². The topological polar surface area (TPSA) is 122 Å². The third-order valence-corrected chi connectivity index (χ3v) is 5.63. The second-order valence-electron chi connectivity index (χ2n) is 6.84. The van der Waals surface area contributed by atoms with Gasteiger partial charge >= 0.3 is 6.03 Å². The smallest absolute Gasteiger partial charge is 0.319 e. The van der Waals surface area contributed by atoms with Crippen molar-refractivity contribution in [3.05, 3.63) is 53.6 Å². The van der Waals surface area contributed by atoms with Crippen molar-refractivity contribution in [3.8, 4) is 0 Å². The van der Waals surface area contributed by atoms with Gasteiger partial charge in [0, 0.05) is 24.3 Å². The number of hydrogen-bond acceptors (Lipinski definition) is 4. The van der Waals surface area contributed by atoms with E-state index in [2.05, 4.69) is 10.6 Å². The Morgan fingerprint density at radius 3 is 2.39 bits per heavy atom. The molecule has 2 aromatic carbocycles. The molecule has 28 heavy (non-hydrogen) atoms. The molecule has 1 aliphatic rings. The van der Waals surface area contributed by atoms with E-state index in [1.807, 2.05) is 32.0 Å². The normalized spacial score (nSPS) is 16.9. The van der Waals surface area contributed by atoms with Crippen LogP contribution in [0.4, 0.5) is 16.2 Å². The molecule has 1 atom stereocenters. The van der Waals surface area contributed by atoms with Crippen molar-refractivity contribution in [2.45, 2.75) is 31.2 Å². The molecule has 4 N–H and O–H groups in total. The number of amides is 3. The molecular weight excluding hydrogens is 380 g/mol. The van der Waals surface area contributed by atoms with Gasteiger partial charge in [-0.05, 0) is 61.4 Å². The number of carbonyl (C=O) groups is 2. The number of aryl methyl sites for hydroxylation is 2. The van der Waals surface area contributed by atoms with E-state index in [0.29, 0.717) is 12.2 Å². The first kappa shape index (κ1) is 19.8. The lowest BCUT2D eigenvalue weighted by atomic mass is 10.1. The minimum absolute atomic E-state index is 0.0381. The molecule has 1 saturated heterocycles. The van der Waals surface area contributed by atoms with Gasteiger partial charge in [0.05, 0.1) is 10.9 Å². The maximum atomic E-state index is 12.3. The summed E-state index contributed by atoms with van der Waals surface area (Å²) in [4.78, 5) is 26.2. The van der Waals surface area contributed by atoms with E-state index in [9.17, 15) is 18.0 Å². The van der Waals surface area contributed by atoms with Crippen LogP contribution in [0.1, 0.15) is 17.5 Å². The van der Waals surface area contributed by atoms with Crippen molar-refractivity contribution < 1.29 is 18.0 Å². The van der Waals surface area contributed by atoms with Crippen LogP contribution in [0.15, 0.2) is 47.4 Å². The Bertz CT molecular complexity index is 1020. The highest BCUT2D eigenvalue weighted by Gasteiger charge is 2.31. The summed E-state index contributed by atoms with van der Waals surface area (Å²) in [6, 6.07) is 10.5. The minimum Gasteiger partial charge on any atom is -0.333 e. The SMILES string of the molecule is Cc1ccc(N2C[C@H](NC(=O)Nc3ccc(S(N)(=O)=O)cc3)CC2=O)cc1C. The van der Waals surface area contributed by atoms with E-state index in [0.717, 1.165) is 16.8 Å². The lowest BCUT2D eigenvalue weighted by molar-refractivity contribution is -0.117. The Hall–Kier alpha value is -2.91. The van der Waals surface area contributed by atoms with Crippen molar-refractivity contribution in [2.75, 3.05) is 16.8 Å². The van der Waals surface area contributed by atoms with E-state index in [-0.39, 0.29) is 23.3 Å². The fraction of sp³-hybridized carbons (Fsp3) is 0.263. The number of anilines is 2. The number of nitrogens with one attached hydrogen (secondary N) is 2. The van der Waals surface area contributed by atoms with E-state index in [1.165, 1.54) is 24.3 Å². The van der Waals surface area contributed by atoms with Gasteiger partial charge in [0.1, 0.15) is 0 Å². The number of nitrogens with two attached hydrogens (primary N) is 1. The molecular formula is C19H22N4O4S. The zero-order valence-electron chi connectivity index (χ0n) is 15.6. The third kappa shape index (κ3) is 4.49. The van der Waals surface area contributed by atoms with Gasteiger partial charge in [0.25, 0.3) is 0 Å². The standard InChI is InChI=1S/C19H22N4O4S/c1-12-3-6-16(9-13(12)2)23-11-15(10-18(23)24)22-19(25)21-14-4-7-17(8-5-14)28(20,26)27/h3-9,15H,10-11H2,1-2H3,(H2,20,26,27)(H2,21,22,25)/t15-/m1/s1. The monoisotopic (exact) mass is 402 g/mol. The molecule has 1 fully saturated rings. The number of carbonyl (C=O) groups excluding carboxylic acids is 2. The van der Waals surface area contributed by atoms with Crippen LogP contribution < -0.4 is 20.7 Å². The molecule has 0 aromatic heterocycles. The highest BCUT2D eigenvalue weighted by Crippen LogP contribution is 2.24. The molecule has 0 unspecified atom stereocenters. The highest BCUT2D eigenvalue weighted by atomic mass is 32.2. The summed E-state index contributed by atoms with van der Waals surface area (Å²) in [5.41, 5.74) is 3.48. The average Bonchev–Trinajstić information content (AvgIpc) is 2.97. The van der Waals surface area contributed by atoms with E-state index < -0.39 is 16.1 Å². The number of hydrogen-bond donors (Lipinski definition) is 3. The van der Waals surface area contributed by atoms with Crippen LogP contribution in [0.2, 0.25) is 0 Å². The number of primary sulfonamides is 1. The van der Waals surface area contributed by atoms with Gasteiger partial charge in [0.2, 0.25) is 15.9 Å². The molecule has 0 spiro atoms. The molecule has 0 bridgehead atoms. The Morgan fingerprint density at radius 1 is 1.11 bits per heavy atom. The lowest BCUT2D eigenvalue weighted by Crippen LogP contribution is -2.39. The molecule has 1 heterocycles. The fourth-order valence-corrected chi connectivity index (χ4v) is 3.54. The average molecular weight is 402 g/mol. The van der Waals surface area contributed by atoms with E-state index in [4.69, 9.17) is 5.14 Å². The van der Waals surface area contributed by atoms with Gasteiger partial charge in [0.15, 0.2) is 0 Å². The molecule has 148 valence electrons. The van der Waals surface area contributed by atoms with Gasteiger partial charge in [-0.3, -0.25) is 4.79 Å². The summed E-state index contributed by atoms with van der Waals surface area (Å²) < 4.78 is 22.5. The molecule has 3 amide bonds. The predicted octanol–water partition coefficient (Wildman–Crippen LogP) is 1.88. The van der Waals surface area contributed by atoms with E-state index >= 15 is 0 Å². The summed E-state index contributed by atoms with van der Waals surface area (Å²) >= 11 is 0. The first-order valence-corrected chi connectivity index (χ1v) is 10.3. The quantitative estimate of drug-likeness (QED) is 0.723. The van der Waals surface area contributed by atoms with Crippen LogP contribution >= 0.6 is 0 Å². The third-order valence-electron chi connectivity index (χ3n) is 4.70. The van der Waals surface area contributed by atoms with Gasteiger partial charge in [-0.15, -0.1) is 0 Å². The number of benzene rings is 2. The zero-order valence-corrected chi connectivity index (χ0v) is 16.4. The summed E-state index contributed by atoms with van der Waals surface area (Å²) in [7, 11) is -3.78. The minimum atomic E-state index is -3.78. The molecule has 0 aliphatic carbocycles. The summed E-state index contributed by atoms with van der Waals surface area (Å²) in [6.45, 7) is 4.39. The first-order valence-electron chi connectivity index (χ1n) is 8.71. The van der Waals surface area contributed by atoms with Gasteiger partial charge in [-0.2, -0.15) is 0 Å². The van der Waals surface area contributed by atoms with Crippen LogP contribution in [-0.4, -0.2) is 32.9 Å². The predicted molar refractivity (Wildman–Crippen MR) is 107 cm³/mol. The molecule has 8 nitrogen and oxygen atoms in total. The molecule has 1 aliphatic heterocycles. The first-order chi connectivity index (χ1) is 13.1. The zero-order chi connectivity index (χ0) is 20.5. The second-order valence-corrected chi connectivity index (χ2v) is 8.40. The number of sulfonamides is 1. The van der Waals surface area contributed by atoms with Crippen molar-refractivity contribution in [2.24, 2.45) is 5.14 Å². The maximum absolute atomic E-state index is 12.3. The molecule has 3 rings (SSSR count). The summed E-state index contributed by atoms with van der Waals surface area (Å²) in [6.07, 6.45) is 0.213. The van der Waals surface area contributed by atoms with Gasteiger partial charge in [-0.25, -0.2) is 18.4 Å². The van der Waals surface area contributed by atoms with Crippen molar-refractivity contribution in [1.29, 1.82) is 0 Å². The Balaban J connectivity index is 1.60. The second kappa shape index (κ2) is 7.61. The van der Waals surface area contributed by atoms with Crippen molar-refractivity contribution >= 4 is 33.3 Å². The molecule has 0 saturated carbocycles. The number of rotatable bonds is 4. The lowest BCUT2D eigenvalue weighted by Gasteiger charge is -2.18. The van der Waals surface area contributed by atoms with E-state index in [1.54, 1.807) is 4.90 Å². The largest absolute Gasteiger partial charge is 0.333 e. The van der Waals surface area contributed by atoms with Crippen LogP contribution in [-0.2, 0) is 14.8 Å². The molecule has 2 aromatic rings. The van der Waals surface area contributed by atoms with Crippen LogP contribution in [0.5, 0.6) is 0 Å². The van der Waals surface area contributed by atoms with Crippen molar-refractivity contribution in [1.82, 2.24) is 5.32 Å². The Labute approximate surface area is 163 Å². The molecule has 0 radical (unpaired) electrons. The Kier molecular flexibility index (Phi) is 5.39. The summed E-state index contributed by atoms with van der Waals surface area (Å²) in [5.74, 6) is -0.0499. The maximum Gasteiger partial charge on any atom is 0.319 e. The van der Waals surface area contributed by atoms with Gasteiger partial charge < -0.3 is 15.5 Å². The number of urea groups is 1. The van der Waals surface area contributed by atoms with Crippen molar-refractivity contribution in [3.63, 3.8) is 0 Å². The number of nitrogens with zero attached hydrogens (tertiary/aromatic N) is 1.